The molecule has 1 aromatic carbocycles. The number of alkyl halides is 3. The number of rotatable bonds is 2. The fraction of sp³-hybridized carbons (Fsp3) is 0.125. The Hall–Kier alpha value is -1.57. The fourth-order valence-electron chi connectivity index (χ4n) is 0.783. The normalized spacial score (nSPS) is 13.2. The molecule has 0 aromatic heterocycles. The van der Waals surface area contributed by atoms with E-state index in [0.29, 0.717) is 6.21 Å². The van der Waals surface area contributed by atoms with Gasteiger partial charge in [-0.1, -0.05) is 12.1 Å². The molecule has 0 aliphatic heterocycles. The third-order valence-corrected chi connectivity index (χ3v) is 2.53. The van der Waals surface area contributed by atoms with E-state index in [9.17, 15) is 21.6 Å². The first-order valence-electron chi connectivity index (χ1n) is 3.88. The van der Waals surface area contributed by atoms with Gasteiger partial charge in [0.2, 0.25) is 0 Å². The second kappa shape index (κ2) is 4.12. The van der Waals surface area contributed by atoms with Gasteiger partial charge in [0.05, 0.1) is 6.21 Å². The van der Waals surface area contributed by atoms with Gasteiger partial charge in [-0.05, 0) is 12.1 Å². The average Bonchev–Trinajstić information content (AvgIpc) is 2.15. The number of benzene rings is 1. The summed E-state index contributed by atoms with van der Waals surface area (Å²) in [4.78, 5) is 0. The Morgan fingerprint density at radius 2 is 1.81 bits per heavy atom. The van der Waals surface area contributed by atoms with Gasteiger partial charge in [-0.2, -0.15) is 26.0 Å². The minimum atomic E-state index is -5.55. The number of nitrogens with zero attached hydrogens (tertiary/aromatic N) is 1. The van der Waals surface area contributed by atoms with Crippen LogP contribution in [0.25, 0.3) is 0 Å². The summed E-state index contributed by atoms with van der Waals surface area (Å²) in [7, 11) is -5.55. The molecule has 88 valence electrons. The van der Waals surface area contributed by atoms with Crippen molar-refractivity contribution >= 4 is 16.2 Å². The predicted octanol–water partition coefficient (Wildman–Crippen LogP) is 1.66. The quantitative estimate of drug-likeness (QED) is 0.815. The van der Waals surface area contributed by atoms with Crippen LogP contribution in [-0.2, 0) is 10.0 Å². The van der Waals surface area contributed by atoms with Crippen LogP contribution in [0.15, 0.2) is 28.7 Å². The lowest BCUT2D eigenvalue weighted by Crippen LogP contribution is -2.20. The molecule has 8 heteroatoms. The van der Waals surface area contributed by atoms with Crippen molar-refractivity contribution in [2.45, 2.75) is 5.51 Å². The molecule has 1 rings (SSSR count). The monoisotopic (exact) mass is 253 g/mol. The largest absolute Gasteiger partial charge is 0.518 e. The van der Waals surface area contributed by atoms with Gasteiger partial charge >= 0.3 is 15.5 Å². The predicted molar refractivity (Wildman–Crippen MR) is 50.7 cm³/mol. The molecular formula is C8H6F3NO3S. The number of hydrogen-bond acceptors (Lipinski definition) is 3. The number of phenolic OH excluding ortho intramolecular Hbond substituents is 1. The molecule has 0 amide bonds. The Kier molecular flexibility index (Phi) is 3.22. The van der Waals surface area contributed by atoms with Crippen LogP contribution in [-0.4, -0.2) is 25.2 Å². The summed E-state index contributed by atoms with van der Waals surface area (Å²) in [5.74, 6) is -0.358. The highest BCUT2D eigenvalue weighted by atomic mass is 32.2. The van der Waals surface area contributed by atoms with Gasteiger partial charge in [-0.3, -0.25) is 0 Å². The summed E-state index contributed by atoms with van der Waals surface area (Å²) >= 11 is 0. The Morgan fingerprint density at radius 3 is 2.31 bits per heavy atom. The van der Waals surface area contributed by atoms with Gasteiger partial charge in [-0.25, -0.2) is 0 Å². The molecule has 0 radical (unpaired) electrons. The van der Waals surface area contributed by atoms with E-state index in [-0.39, 0.29) is 11.3 Å². The third-order valence-electron chi connectivity index (χ3n) is 1.56. The Balaban J connectivity index is 3.04. The number of phenols is 1. The lowest BCUT2D eigenvalue weighted by atomic mass is 10.2. The molecule has 0 spiro atoms. The van der Waals surface area contributed by atoms with E-state index >= 15 is 0 Å². The van der Waals surface area contributed by atoms with Crippen molar-refractivity contribution in [3.05, 3.63) is 29.8 Å². The Bertz CT molecular complexity index is 508. The topological polar surface area (TPSA) is 66.7 Å². The summed E-state index contributed by atoms with van der Waals surface area (Å²) in [5, 5.41) is 9.14. The van der Waals surface area contributed by atoms with Crippen LogP contribution in [0.4, 0.5) is 13.2 Å². The first-order valence-corrected chi connectivity index (χ1v) is 5.32. The lowest BCUT2D eigenvalue weighted by Gasteiger charge is -2.02. The number of halogens is 3. The van der Waals surface area contributed by atoms with Crippen molar-refractivity contribution in [3.8, 4) is 5.75 Å². The number of hydrogen-bond donors (Lipinski definition) is 1. The highest BCUT2D eigenvalue weighted by molar-refractivity contribution is 7.91. The van der Waals surface area contributed by atoms with E-state index in [1.54, 1.807) is 0 Å². The van der Waals surface area contributed by atoms with Crippen LogP contribution in [0.5, 0.6) is 5.75 Å². The number of para-hydroxylation sites is 1. The van der Waals surface area contributed by atoms with Crippen molar-refractivity contribution in [3.63, 3.8) is 0 Å². The highest BCUT2D eigenvalue weighted by Gasteiger charge is 2.45. The molecule has 1 aromatic rings. The van der Waals surface area contributed by atoms with Gasteiger partial charge in [0.1, 0.15) is 5.75 Å². The van der Waals surface area contributed by atoms with Crippen LogP contribution in [0.1, 0.15) is 5.56 Å². The first-order chi connectivity index (χ1) is 7.24. The zero-order chi connectivity index (χ0) is 12.4. The minimum Gasteiger partial charge on any atom is -0.507 e. The van der Waals surface area contributed by atoms with E-state index in [2.05, 4.69) is 4.40 Å². The summed E-state index contributed by atoms with van der Waals surface area (Å²) in [5.41, 5.74) is -5.55. The summed E-state index contributed by atoms with van der Waals surface area (Å²) < 4.78 is 59.1. The van der Waals surface area contributed by atoms with Crippen LogP contribution in [0.3, 0.4) is 0 Å². The molecular weight excluding hydrogens is 247 g/mol. The van der Waals surface area contributed by atoms with Crippen LogP contribution in [0.2, 0.25) is 0 Å². The Labute approximate surface area is 89.1 Å². The van der Waals surface area contributed by atoms with Gasteiger partial charge in [-0.15, -0.1) is 0 Å². The molecule has 0 bridgehead atoms. The average molecular weight is 253 g/mol. The molecule has 0 fully saturated rings. The third kappa shape index (κ3) is 2.72. The van der Waals surface area contributed by atoms with Crippen LogP contribution >= 0.6 is 0 Å². The van der Waals surface area contributed by atoms with Crippen molar-refractivity contribution in [1.29, 1.82) is 0 Å². The second-order valence-electron chi connectivity index (χ2n) is 2.71. The zero-order valence-electron chi connectivity index (χ0n) is 7.64. The second-order valence-corrected chi connectivity index (χ2v) is 4.34. The van der Waals surface area contributed by atoms with E-state index < -0.39 is 15.5 Å². The molecule has 16 heavy (non-hydrogen) atoms. The molecule has 0 unspecified atom stereocenters. The molecule has 0 heterocycles. The molecule has 0 aliphatic rings. The van der Waals surface area contributed by atoms with Gasteiger partial charge in [0.25, 0.3) is 0 Å². The maximum absolute atomic E-state index is 11.9. The smallest absolute Gasteiger partial charge is 0.507 e. The van der Waals surface area contributed by atoms with Crippen molar-refractivity contribution in [1.82, 2.24) is 0 Å². The van der Waals surface area contributed by atoms with Crippen molar-refractivity contribution in [2.24, 2.45) is 4.40 Å². The molecule has 0 saturated carbocycles. The maximum atomic E-state index is 11.9. The highest BCUT2D eigenvalue weighted by Crippen LogP contribution is 2.24. The van der Waals surface area contributed by atoms with Gasteiger partial charge in [0.15, 0.2) is 0 Å². The van der Waals surface area contributed by atoms with E-state index in [1.165, 1.54) is 24.3 Å². The van der Waals surface area contributed by atoms with Gasteiger partial charge in [0, 0.05) is 5.56 Å². The Morgan fingerprint density at radius 1 is 1.25 bits per heavy atom. The zero-order valence-corrected chi connectivity index (χ0v) is 8.46. The SMILES string of the molecule is O=S(=O)(N=Cc1ccccc1O)C(F)(F)F. The minimum absolute atomic E-state index is 0.115. The maximum Gasteiger partial charge on any atom is 0.518 e. The molecule has 4 nitrogen and oxygen atoms in total. The van der Waals surface area contributed by atoms with Gasteiger partial charge < -0.3 is 5.11 Å². The summed E-state index contributed by atoms with van der Waals surface area (Å²) in [6.07, 6.45) is 0.443. The number of sulfonamides is 1. The summed E-state index contributed by atoms with van der Waals surface area (Å²) in [6.45, 7) is 0. The van der Waals surface area contributed by atoms with Crippen molar-refractivity contribution < 1.29 is 26.7 Å². The number of aromatic hydroxyl groups is 1. The molecule has 0 atom stereocenters. The summed E-state index contributed by atoms with van der Waals surface area (Å²) in [6, 6.07) is 5.28. The standard InChI is InChI=1S/C8H6F3NO3S/c9-8(10,11)16(14,15)12-5-6-3-1-2-4-7(6)13/h1-5,13H. The van der Waals surface area contributed by atoms with E-state index in [0.717, 1.165) is 0 Å². The fourth-order valence-corrected chi connectivity index (χ4v) is 1.15. The van der Waals surface area contributed by atoms with Crippen LogP contribution in [0, 0.1) is 0 Å². The van der Waals surface area contributed by atoms with Crippen molar-refractivity contribution in [2.75, 3.05) is 0 Å². The van der Waals surface area contributed by atoms with Crippen LogP contribution < -0.4 is 0 Å². The van der Waals surface area contributed by atoms with E-state index in [4.69, 9.17) is 5.11 Å². The molecule has 0 aliphatic carbocycles. The lowest BCUT2D eigenvalue weighted by molar-refractivity contribution is -0.0435. The van der Waals surface area contributed by atoms with E-state index in [1.807, 2.05) is 0 Å². The molecule has 0 saturated heterocycles. The molecule has 1 N–H and O–H groups in total. The first kappa shape index (κ1) is 12.5.